The first-order chi connectivity index (χ1) is 18.6. The topological polar surface area (TPSA) is 93.5 Å². The van der Waals surface area contributed by atoms with E-state index in [9.17, 15) is 4.79 Å². The molecule has 1 atom stereocenters. The van der Waals surface area contributed by atoms with E-state index in [-0.39, 0.29) is 12.0 Å². The van der Waals surface area contributed by atoms with Crippen molar-refractivity contribution < 1.29 is 14.3 Å². The van der Waals surface area contributed by atoms with E-state index in [1.807, 2.05) is 47.7 Å². The average Bonchev–Trinajstić information content (AvgIpc) is 3.62. The summed E-state index contributed by atoms with van der Waals surface area (Å²) in [6.07, 6.45) is 12.0. The first-order valence-corrected chi connectivity index (χ1v) is 13.7. The minimum Gasteiger partial charge on any atom is -0.381 e. The van der Waals surface area contributed by atoms with E-state index in [0.717, 1.165) is 73.4 Å². The van der Waals surface area contributed by atoms with Gasteiger partial charge in [-0.05, 0) is 61.9 Å². The van der Waals surface area contributed by atoms with Crippen molar-refractivity contribution >= 4 is 11.6 Å². The number of likely N-dealkylation sites (tertiary alicyclic amines) is 1. The van der Waals surface area contributed by atoms with Gasteiger partial charge in [0.2, 0.25) is 0 Å². The van der Waals surface area contributed by atoms with Crippen LogP contribution in [0.5, 0.6) is 0 Å². The molecule has 1 saturated carbocycles. The van der Waals surface area contributed by atoms with Gasteiger partial charge >= 0.3 is 0 Å². The van der Waals surface area contributed by atoms with Crippen LogP contribution in [0.25, 0.3) is 16.8 Å². The molecule has 1 aromatic carbocycles. The lowest BCUT2D eigenvalue weighted by molar-refractivity contribution is -0.0986. The van der Waals surface area contributed by atoms with E-state index in [1.54, 1.807) is 0 Å². The molecule has 9 heteroatoms. The number of pyridine rings is 1. The number of anilines is 1. The van der Waals surface area contributed by atoms with E-state index >= 15 is 0 Å². The Morgan fingerprint density at radius 1 is 1.05 bits per heavy atom. The Bertz CT molecular complexity index is 1260. The molecule has 9 nitrogen and oxygen atoms in total. The molecule has 4 heterocycles. The third kappa shape index (κ3) is 6.06. The minimum absolute atomic E-state index is 0.00807. The van der Waals surface area contributed by atoms with Gasteiger partial charge < -0.3 is 25.0 Å². The van der Waals surface area contributed by atoms with Crippen LogP contribution in [0, 0.1) is 6.92 Å². The molecule has 200 valence electrons. The number of benzene rings is 1. The SMILES string of the molecule is Cc1ccc(C(=O)NC2CC2)cc1-c1cnn(-c2cncc(NC3CCN(CC4COCCO4)CC3)c2)c1. The van der Waals surface area contributed by atoms with Crippen LogP contribution in [0.4, 0.5) is 5.69 Å². The van der Waals surface area contributed by atoms with Gasteiger partial charge in [-0.15, -0.1) is 0 Å². The molecule has 2 aromatic heterocycles. The molecule has 0 spiro atoms. The smallest absolute Gasteiger partial charge is 0.251 e. The molecular weight excluding hydrogens is 480 g/mol. The van der Waals surface area contributed by atoms with E-state index in [1.165, 1.54) is 0 Å². The predicted octanol–water partition coefficient (Wildman–Crippen LogP) is 3.43. The zero-order valence-electron chi connectivity index (χ0n) is 21.9. The number of aromatic nitrogens is 3. The third-order valence-corrected chi connectivity index (χ3v) is 7.60. The number of rotatable bonds is 8. The van der Waals surface area contributed by atoms with Crippen LogP contribution in [-0.4, -0.2) is 83.2 Å². The molecular formula is C29H36N6O3. The van der Waals surface area contributed by atoms with Gasteiger partial charge in [-0.3, -0.25) is 9.78 Å². The summed E-state index contributed by atoms with van der Waals surface area (Å²) < 4.78 is 13.2. The summed E-state index contributed by atoms with van der Waals surface area (Å²) in [4.78, 5) is 19.5. The number of piperidine rings is 1. The Balaban J connectivity index is 1.08. The zero-order valence-corrected chi connectivity index (χ0v) is 21.9. The zero-order chi connectivity index (χ0) is 25.9. The minimum atomic E-state index is -0.00807. The standard InChI is InChI=1S/C29H36N6O3/c1-20-2-3-21(29(36)33-23-4-5-23)12-28(20)22-14-31-35(17-22)26-13-25(15-30-16-26)32-24-6-8-34(9-7-24)18-27-19-37-10-11-38-27/h2-3,12-17,23-24,27,32H,4-11,18-19H2,1H3,(H,33,36). The van der Waals surface area contributed by atoms with Crippen molar-refractivity contribution in [1.29, 1.82) is 0 Å². The van der Waals surface area contributed by atoms with Gasteiger partial charge in [-0.1, -0.05) is 6.07 Å². The second-order valence-electron chi connectivity index (χ2n) is 10.7. The molecule has 2 saturated heterocycles. The van der Waals surface area contributed by atoms with Crippen molar-refractivity contribution in [2.75, 3.05) is 44.8 Å². The summed E-state index contributed by atoms with van der Waals surface area (Å²) in [5.74, 6) is -0.00807. The fraction of sp³-hybridized carbons (Fsp3) is 0.483. The second-order valence-corrected chi connectivity index (χ2v) is 10.7. The van der Waals surface area contributed by atoms with Gasteiger partial charge in [-0.2, -0.15) is 5.10 Å². The fourth-order valence-corrected chi connectivity index (χ4v) is 5.23. The molecule has 38 heavy (non-hydrogen) atoms. The number of amides is 1. The summed E-state index contributed by atoms with van der Waals surface area (Å²) in [6.45, 7) is 7.21. The van der Waals surface area contributed by atoms with Crippen LogP contribution in [0.3, 0.4) is 0 Å². The van der Waals surface area contributed by atoms with Crippen LogP contribution in [0.15, 0.2) is 49.1 Å². The van der Waals surface area contributed by atoms with Gasteiger partial charge in [-0.25, -0.2) is 4.68 Å². The molecule has 6 rings (SSSR count). The molecule has 1 amide bonds. The molecule has 3 fully saturated rings. The maximum atomic E-state index is 12.6. The lowest BCUT2D eigenvalue weighted by Gasteiger charge is -2.35. The quantitative estimate of drug-likeness (QED) is 0.474. The molecule has 1 unspecified atom stereocenters. The molecule has 2 aliphatic heterocycles. The number of aryl methyl sites for hydroxylation is 1. The molecule has 0 radical (unpaired) electrons. The highest BCUT2D eigenvalue weighted by Crippen LogP contribution is 2.27. The highest BCUT2D eigenvalue weighted by Gasteiger charge is 2.25. The number of nitrogens with one attached hydrogen (secondary N) is 2. The van der Waals surface area contributed by atoms with Crippen molar-refractivity contribution in [2.24, 2.45) is 0 Å². The van der Waals surface area contributed by atoms with E-state index in [4.69, 9.17) is 9.47 Å². The van der Waals surface area contributed by atoms with Crippen molar-refractivity contribution in [3.05, 3.63) is 60.2 Å². The highest BCUT2D eigenvalue weighted by molar-refractivity contribution is 5.96. The number of carbonyl (C=O) groups is 1. The first kappa shape index (κ1) is 25.0. The monoisotopic (exact) mass is 516 g/mol. The summed E-state index contributed by atoms with van der Waals surface area (Å²) in [6, 6.07) is 8.69. The number of nitrogens with zero attached hydrogens (tertiary/aromatic N) is 4. The van der Waals surface area contributed by atoms with Gasteiger partial charge in [0.05, 0.1) is 55.9 Å². The molecule has 1 aliphatic carbocycles. The van der Waals surface area contributed by atoms with Crippen molar-refractivity contribution in [3.63, 3.8) is 0 Å². The normalized spacial score (nSPS) is 20.8. The second kappa shape index (κ2) is 11.2. The van der Waals surface area contributed by atoms with Crippen LogP contribution in [0.2, 0.25) is 0 Å². The van der Waals surface area contributed by atoms with Crippen LogP contribution < -0.4 is 10.6 Å². The summed E-state index contributed by atoms with van der Waals surface area (Å²) in [5, 5.41) is 11.4. The molecule has 2 N–H and O–H groups in total. The first-order valence-electron chi connectivity index (χ1n) is 13.7. The van der Waals surface area contributed by atoms with Crippen molar-refractivity contribution in [1.82, 2.24) is 25.0 Å². The molecule has 0 bridgehead atoms. The highest BCUT2D eigenvalue weighted by atomic mass is 16.6. The van der Waals surface area contributed by atoms with E-state index in [2.05, 4.69) is 38.6 Å². The van der Waals surface area contributed by atoms with Crippen molar-refractivity contribution in [2.45, 2.75) is 50.8 Å². The van der Waals surface area contributed by atoms with Gasteiger partial charge in [0.15, 0.2) is 0 Å². The fourth-order valence-electron chi connectivity index (χ4n) is 5.23. The number of hydrogen-bond donors (Lipinski definition) is 2. The van der Waals surface area contributed by atoms with E-state index in [0.29, 0.717) is 37.5 Å². The van der Waals surface area contributed by atoms with Crippen LogP contribution in [-0.2, 0) is 9.47 Å². The molecule has 3 aliphatic rings. The Kier molecular flexibility index (Phi) is 7.40. The van der Waals surface area contributed by atoms with Gasteiger partial charge in [0, 0.05) is 49.0 Å². The lowest BCUT2D eigenvalue weighted by Crippen LogP contribution is -2.45. The predicted molar refractivity (Wildman–Crippen MR) is 146 cm³/mol. The summed E-state index contributed by atoms with van der Waals surface area (Å²) in [5.41, 5.74) is 5.67. The maximum absolute atomic E-state index is 12.6. The van der Waals surface area contributed by atoms with Crippen LogP contribution in [0.1, 0.15) is 41.6 Å². The third-order valence-electron chi connectivity index (χ3n) is 7.60. The Morgan fingerprint density at radius 3 is 2.71 bits per heavy atom. The maximum Gasteiger partial charge on any atom is 0.251 e. The Hall–Kier alpha value is -3.27. The van der Waals surface area contributed by atoms with Gasteiger partial charge in [0.25, 0.3) is 5.91 Å². The largest absolute Gasteiger partial charge is 0.381 e. The average molecular weight is 517 g/mol. The number of carbonyl (C=O) groups excluding carboxylic acids is 1. The summed E-state index contributed by atoms with van der Waals surface area (Å²) in [7, 11) is 0. The van der Waals surface area contributed by atoms with Gasteiger partial charge in [0.1, 0.15) is 0 Å². The Morgan fingerprint density at radius 2 is 1.92 bits per heavy atom. The van der Waals surface area contributed by atoms with E-state index < -0.39 is 0 Å². The number of hydrogen-bond acceptors (Lipinski definition) is 7. The summed E-state index contributed by atoms with van der Waals surface area (Å²) >= 11 is 0. The lowest BCUT2D eigenvalue weighted by atomic mass is 10.0. The number of ether oxygens (including phenoxy) is 2. The molecule has 3 aromatic rings. The Labute approximate surface area is 223 Å². The van der Waals surface area contributed by atoms with Crippen molar-refractivity contribution in [3.8, 4) is 16.8 Å². The van der Waals surface area contributed by atoms with Crippen LogP contribution >= 0.6 is 0 Å².